The van der Waals surface area contributed by atoms with E-state index in [4.69, 9.17) is 21.8 Å². The van der Waals surface area contributed by atoms with Crippen molar-refractivity contribution in [2.45, 2.75) is 0 Å². The van der Waals surface area contributed by atoms with Gasteiger partial charge >= 0.3 is 5.91 Å². The number of rotatable bonds is 2. The van der Waals surface area contributed by atoms with Crippen molar-refractivity contribution in [2.24, 2.45) is 0 Å². The van der Waals surface area contributed by atoms with E-state index in [1.54, 1.807) is 24.3 Å². The number of furan rings is 1. The third-order valence-electron chi connectivity index (χ3n) is 3.20. The lowest BCUT2D eigenvalue weighted by Crippen LogP contribution is -2.41. The maximum atomic E-state index is 12.2. The predicted molar refractivity (Wildman–Crippen MR) is 92.5 cm³/mol. The molecule has 4 N–H and O–H groups in total. The molecule has 0 bridgehead atoms. The van der Waals surface area contributed by atoms with Crippen LogP contribution in [0.25, 0.3) is 10.9 Å². The fraction of sp³-hybridized carbons (Fsp3) is 0. The molecule has 3 aromatic rings. The van der Waals surface area contributed by atoms with Gasteiger partial charge in [0.25, 0.3) is 5.91 Å². The molecular formula is C15H10BrClN4O3. The maximum Gasteiger partial charge on any atom is 0.305 e. The van der Waals surface area contributed by atoms with Gasteiger partial charge in [0.2, 0.25) is 0 Å². The maximum absolute atomic E-state index is 12.2. The number of pyridine rings is 1. The average Bonchev–Trinajstić information content (AvgIpc) is 3.00. The number of carbonyl (C=O) groups excluding carboxylic acids is 2. The molecule has 0 spiro atoms. The van der Waals surface area contributed by atoms with Gasteiger partial charge in [0.1, 0.15) is 0 Å². The SMILES string of the molecule is Nc1c(C(=O)NNC(=O)c2ccc(Br)o2)cnc2ccc(Cl)cc12. The van der Waals surface area contributed by atoms with Crippen LogP contribution in [0.3, 0.4) is 0 Å². The van der Waals surface area contributed by atoms with Crippen molar-refractivity contribution in [3.05, 3.63) is 57.5 Å². The zero-order valence-electron chi connectivity index (χ0n) is 12.0. The van der Waals surface area contributed by atoms with E-state index in [1.807, 2.05) is 0 Å². The summed E-state index contributed by atoms with van der Waals surface area (Å²) in [4.78, 5) is 28.2. The molecule has 9 heteroatoms. The Hall–Kier alpha value is -2.58. The molecule has 0 saturated carbocycles. The quantitative estimate of drug-likeness (QED) is 0.564. The number of carbonyl (C=O) groups is 2. The molecule has 7 nitrogen and oxygen atoms in total. The first-order chi connectivity index (χ1) is 11.5. The van der Waals surface area contributed by atoms with E-state index in [0.717, 1.165) is 0 Å². The van der Waals surface area contributed by atoms with E-state index in [-0.39, 0.29) is 17.0 Å². The number of nitrogens with two attached hydrogens (primary N) is 1. The van der Waals surface area contributed by atoms with Gasteiger partial charge in [-0.3, -0.25) is 25.4 Å². The second-order valence-corrected chi connectivity index (χ2v) is 5.98. The number of halogens is 2. The minimum absolute atomic E-state index is 0.0403. The predicted octanol–water partition coefficient (Wildman–Crippen LogP) is 2.90. The Balaban J connectivity index is 1.79. The molecule has 24 heavy (non-hydrogen) atoms. The summed E-state index contributed by atoms with van der Waals surface area (Å²) >= 11 is 9.03. The summed E-state index contributed by atoms with van der Waals surface area (Å²) < 4.78 is 5.48. The lowest BCUT2D eigenvalue weighted by atomic mass is 10.1. The summed E-state index contributed by atoms with van der Waals surface area (Å²) in [5.41, 5.74) is 11.5. The van der Waals surface area contributed by atoms with Gasteiger partial charge in [0.05, 0.1) is 16.8 Å². The molecule has 2 aromatic heterocycles. The summed E-state index contributed by atoms with van der Waals surface area (Å²) in [6.07, 6.45) is 1.33. The second-order valence-electron chi connectivity index (χ2n) is 4.76. The Morgan fingerprint density at radius 1 is 1.17 bits per heavy atom. The van der Waals surface area contributed by atoms with Crippen molar-refractivity contribution in [3.8, 4) is 0 Å². The number of nitrogen functional groups attached to an aromatic ring is 1. The summed E-state index contributed by atoms with van der Waals surface area (Å²) in [5, 5.41) is 1.03. The summed E-state index contributed by atoms with van der Waals surface area (Å²) in [7, 11) is 0. The highest BCUT2D eigenvalue weighted by Gasteiger charge is 2.16. The summed E-state index contributed by atoms with van der Waals surface area (Å²) in [6.45, 7) is 0. The highest BCUT2D eigenvalue weighted by atomic mass is 79.9. The standard InChI is InChI=1S/C15H10BrClN4O3/c16-12-4-3-11(24-12)15(23)21-20-14(22)9-6-19-10-2-1-7(17)5-8(10)13(9)18/h1-6H,(H2,18,19)(H,20,22)(H,21,23). The minimum Gasteiger partial charge on any atom is -0.444 e. The molecule has 0 aliphatic carbocycles. The van der Waals surface area contributed by atoms with Gasteiger partial charge in [0, 0.05) is 16.6 Å². The monoisotopic (exact) mass is 408 g/mol. The number of benzene rings is 1. The Morgan fingerprint density at radius 3 is 2.62 bits per heavy atom. The third-order valence-corrected chi connectivity index (χ3v) is 3.86. The number of hydrogen-bond donors (Lipinski definition) is 3. The van der Waals surface area contributed by atoms with Crippen molar-refractivity contribution in [3.63, 3.8) is 0 Å². The first kappa shape index (κ1) is 16.3. The number of nitrogens with one attached hydrogen (secondary N) is 2. The molecule has 0 aliphatic rings. The van der Waals surface area contributed by atoms with Crippen molar-refractivity contribution in [1.29, 1.82) is 0 Å². The van der Waals surface area contributed by atoms with Gasteiger partial charge in [0.15, 0.2) is 10.4 Å². The summed E-state index contributed by atoms with van der Waals surface area (Å²) in [6, 6.07) is 8.02. The smallest absolute Gasteiger partial charge is 0.305 e. The van der Waals surface area contributed by atoms with Crippen molar-refractivity contribution >= 4 is 55.9 Å². The molecule has 0 atom stereocenters. The number of hydrazine groups is 1. The van der Waals surface area contributed by atoms with E-state index in [1.165, 1.54) is 12.3 Å². The fourth-order valence-electron chi connectivity index (χ4n) is 2.05. The Kier molecular flexibility index (Phi) is 4.41. The normalized spacial score (nSPS) is 10.6. The number of aromatic nitrogens is 1. The van der Waals surface area contributed by atoms with Crippen LogP contribution in [0.2, 0.25) is 5.02 Å². The summed E-state index contributed by atoms with van der Waals surface area (Å²) in [5.74, 6) is -1.18. The topological polar surface area (TPSA) is 110 Å². The molecule has 2 heterocycles. The van der Waals surface area contributed by atoms with Gasteiger partial charge in [-0.2, -0.15) is 0 Å². The number of anilines is 1. The van der Waals surface area contributed by atoms with Gasteiger partial charge in [-0.05, 0) is 46.3 Å². The Morgan fingerprint density at radius 2 is 1.92 bits per heavy atom. The van der Waals surface area contributed by atoms with Crippen LogP contribution in [0, 0.1) is 0 Å². The van der Waals surface area contributed by atoms with Crippen molar-refractivity contribution in [2.75, 3.05) is 5.73 Å². The van der Waals surface area contributed by atoms with E-state index < -0.39 is 11.8 Å². The van der Waals surface area contributed by atoms with E-state index in [9.17, 15) is 9.59 Å². The molecule has 0 radical (unpaired) electrons. The van der Waals surface area contributed by atoms with E-state index >= 15 is 0 Å². The zero-order chi connectivity index (χ0) is 17.3. The highest BCUT2D eigenvalue weighted by Crippen LogP contribution is 2.25. The Labute approximate surface area is 149 Å². The van der Waals surface area contributed by atoms with Gasteiger partial charge in [-0.25, -0.2) is 0 Å². The molecular weight excluding hydrogens is 400 g/mol. The highest BCUT2D eigenvalue weighted by molar-refractivity contribution is 9.10. The van der Waals surface area contributed by atoms with Crippen LogP contribution in [0.1, 0.15) is 20.9 Å². The lowest BCUT2D eigenvalue weighted by molar-refractivity contribution is 0.0830. The van der Waals surface area contributed by atoms with Crippen molar-refractivity contribution < 1.29 is 14.0 Å². The van der Waals surface area contributed by atoms with E-state index in [0.29, 0.717) is 20.6 Å². The van der Waals surface area contributed by atoms with Gasteiger partial charge in [-0.1, -0.05) is 11.6 Å². The average molecular weight is 410 g/mol. The first-order valence-electron chi connectivity index (χ1n) is 6.65. The van der Waals surface area contributed by atoms with Crippen LogP contribution in [-0.4, -0.2) is 16.8 Å². The van der Waals surface area contributed by atoms with Gasteiger partial charge in [-0.15, -0.1) is 0 Å². The van der Waals surface area contributed by atoms with Crippen LogP contribution in [0.4, 0.5) is 5.69 Å². The second kappa shape index (κ2) is 6.50. The molecule has 122 valence electrons. The van der Waals surface area contributed by atoms with Crippen molar-refractivity contribution in [1.82, 2.24) is 15.8 Å². The fourth-order valence-corrected chi connectivity index (χ4v) is 2.52. The molecule has 0 aliphatic heterocycles. The number of amides is 2. The molecule has 3 rings (SSSR count). The number of hydrogen-bond acceptors (Lipinski definition) is 5. The van der Waals surface area contributed by atoms with Crippen LogP contribution in [-0.2, 0) is 0 Å². The molecule has 0 unspecified atom stereocenters. The molecule has 0 saturated heterocycles. The first-order valence-corrected chi connectivity index (χ1v) is 7.82. The molecule has 0 fully saturated rings. The van der Waals surface area contributed by atoms with Crippen LogP contribution < -0.4 is 16.6 Å². The third kappa shape index (κ3) is 3.19. The molecule has 1 aromatic carbocycles. The molecule has 2 amide bonds. The number of fused-ring (bicyclic) bond motifs is 1. The lowest BCUT2D eigenvalue weighted by Gasteiger charge is -2.10. The largest absolute Gasteiger partial charge is 0.444 e. The number of nitrogens with zero attached hydrogens (tertiary/aromatic N) is 1. The Bertz CT molecular complexity index is 957. The van der Waals surface area contributed by atoms with E-state index in [2.05, 4.69) is 31.8 Å². The van der Waals surface area contributed by atoms with Crippen LogP contribution in [0.15, 0.2) is 45.6 Å². The zero-order valence-corrected chi connectivity index (χ0v) is 14.3. The van der Waals surface area contributed by atoms with Crippen LogP contribution >= 0.6 is 27.5 Å². The van der Waals surface area contributed by atoms with Gasteiger partial charge < -0.3 is 10.2 Å². The van der Waals surface area contributed by atoms with Crippen LogP contribution in [0.5, 0.6) is 0 Å². The minimum atomic E-state index is -0.610.